The van der Waals surface area contributed by atoms with Gasteiger partial charge in [-0.1, -0.05) is 37.9 Å². The number of benzene rings is 1. The van der Waals surface area contributed by atoms with Crippen LogP contribution in [-0.4, -0.2) is 30.5 Å². The number of hydrogen-bond acceptors (Lipinski definition) is 6. The zero-order valence-electron chi connectivity index (χ0n) is 20.5. The van der Waals surface area contributed by atoms with Gasteiger partial charge in [-0.15, -0.1) is 0 Å². The Kier molecular flexibility index (Phi) is 6.59. The minimum absolute atomic E-state index is 0.0448. The Morgan fingerprint density at radius 2 is 1.97 bits per heavy atom. The van der Waals surface area contributed by atoms with E-state index in [1.54, 1.807) is 18.3 Å². The van der Waals surface area contributed by atoms with E-state index < -0.39 is 5.82 Å². The molecule has 7 nitrogen and oxygen atoms in total. The number of fused-ring (bicyclic) bond motifs is 1. The number of nitrogens with one attached hydrogen (secondary N) is 1. The van der Waals surface area contributed by atoms with Crippen molar-refractivity contribution in [1.82, 2.24) is 24.5 Å². The molecular formula is C27H27ClFN7. The first kappa shape index (κ1) is 24.1. The Morgan fingerprint density at radius 1 is 1.17 bits per heavy atom. The SMILES string of the molecule is CC(C)c1ccnc(-c2nc3nc(C#N)nc(N[C@H](C)C4CCC4)c3n2Cc2ccc(Cl)c(F)c2)c1. The maximum absolute atomic E-state index is 14.3. The van der Waals surface area contributed by atoms with Crippen LogP contribution in [-0.2, 0) is 6.54 Å². The van der Waals surface area contributed by atoms with Gasteiger partial charge in [0.15, 0.2) is 17.3 Å². The summed E-state index contributed by atoms with van der Waals surface area (Å²) in [5, 5.41) is 13.2. The second-order valence-corrected chi connectivity index (χ2v) is 10.1. The van der Waals surface area contributed by atoms with Gasteiger partial charge in [0.1, 0.15) is 23.1 Å². The van der Waals surface area contributed by atoms with Crippen molar-refractivity contribution < 1.29 is 4.39 Å². The molecule has 184 valence electrons. The number of pyridine rings is 1. The molecule has 0 unspecified atom stereocenters. The summed E-state index contributed by atoms with van der Waals surface area (Å²) in [5.74, 6) is 1.53. The first-order valence-electron chi connectivity index (χ1n) is 12.2. The molecule has 4 aromatic rings. The summed E-state index contributed by atoms with van der Waals surface area (Å²) in [5.41, 5.74) is 3.55. The first-order chi connectivity index (χ1) is 17.3. The quantitative estimate of drug-likeness (QED) is 0.317. The summed E-state index contributed by atoms with van der Waals surface area (Å²) < 4.78 is 16.3. The Bertz CT molecular complexity index is 1470. The van der Waals surface area contributed by atoms with E-state index in [4.69, 9.17) is 16.6 Å². The van der Waals surface area contributed by atoms with Gasteiger partial charge < -0.3 is 9.88 Å². The molecule has 9 heteroatoms. The second kappa shape index (κ2) is 9.82. The molecule has 1 atom stereocenters. The maximum atomic E-state index is 14.3. The van der Waals surface area contributed by atoms with Crippen molar-refractivity contribution in [2.45, 2.75) is 58.5 Å². The number of aromatic nitrogens is 5. The van der Waals surface area contributed by atoms with Gasteiger partial charge in [0.2, 0.25) is 5.82 Å². The summed E-state index contributed by atoms with van der Waals surface area (Å²) in [6.07, 6.45) is 5.31. The smallest absolute Gasteiger partial charge is 0.236 e. The van der Waals surface area contributed by atoms with E-state index in [9.17, 15) is 9.65 Å². The predicted octanol–water partition coefficient (Wildman–Crippen LogP) is 6.32. The minimum atomic E-state index is -0.486. The molecule has 1 aromatic carbocycles. The van der Waals surface area contributed by atoms with Gasteiger partial charge in [-0.2, -0.15) is 15.2 Å². The topological polar surface area (TPSA) is 92.3 Å². The highest BCUT2D eigenvalue weighted by Gasteiger charge is 2.27. The minimum Gasteiger partial charge on any atom is -0.365 e. The zero-order valence-corrected chi connectivity index (χ0v) is 21.2. The van der Waals surface area contributed by atoms with E-state index >= 15 is 0 Å². The molecule has 1 saturated carbocycles. The molecule has 1 N–H and O–H groups in total. The molecule has 36 heavy (non-hydrogen) atoms. The van der Waals surface area contributed by atoms with E-state index in [1.807, 2.05) is 16.7 Å². The highest BCUT2D eigenvalue weighted by molar-refractivity contribution is 6.30. The standard InChI is InChI=1S/C27H27ClFN7/c1-15(2)19-9-10-31-22(12-19)27-35-26-24(36(27)14-17-7-8-20(28)21(29)11-17)25(33-23(13-30)34-26)32-16(3)18-5-4-6-18/h7-12,15-16,18H,4-6,14H2,1-3H3,(H,32,33,34)/t16-/m1/s1. The van der Waals surface area contributed by atoms with Crippen LogP contribution >= 0.6 is 11.6 Å². The largest absolute Gasteiger partial charge is 0.365 e. The van der Waals surface area contributed by atoms with Crippen LogP contribution in [0.15, 0.2) is 36.5 Å². The molecule has 0 spiro atoms. The van der Waals surface area contributed by atoms with E-state index in [2.05, 4.69) is 47.1 Å². The Balaban J connectivity index is 1.71. The number of nitriles is 1. The second-order valence-electron chi connectivity index (χ2n) is 9.70. The third-order valence-electron chi connectivity index (χ3n) is 6.93. The van der Waals surface area contributed by atoms with Crippen molar-refractivity contribution in [2.75, 3.05) is 5.32 Å². The van der Waals surface area contributed by atoms with Crippen molar-refractivity contribution in [2.24, 2.45) is 5.92 Å². The summed E-state index contributed by atoms with van der Waals surface area (Å²) in [7, 11) is 0. The molecule has 0 saturated heterocycles. The fourth-order valence-corrected chi connectivity index (χ4v) is 4.68. The molecule has 1 fully saturated rings. The molecule has 0 bridgehead atoms. The molecule has 3 aromatic heterocycles. The van der Waals surface area contributed by atoms with E-state index in [0.717, 1.165) is 18.4 Å². The molecule has 0 amide bonds. The lowest BCUT2D eigenvalue weighted by molar-refractivity contribution is 0.285. The first-order valence-corrected chi connectivity index (χ1v) is 12.6. The highest BCUT2D eigenvalue weighted by Crippen LogP contribution is 2.34. The number of anilines is 1. The van der Waals surface area contributed by atoms with Crippen LogP contribution in [0, 0.1) is 23.1 Å². The Hall–Kier alpha value is -3.57. The fraction of sp³-hybridized carbons (Fsp3) is 0.370. The predicted molar refractivity (Wildman–Crippen MR) is 138 cm³/mol. The van der Waals surface area contributed by atoms with Gasteiger partial charge in [-0.3, -0.25) is 4.98 Å². The molecule has 0 aliphatic heterocycles. The molecular weight excluding hydrogens is 477 g/mol. The summed E-state index contributed by atoms with van der Waals surface area (Å²) in [6, 6.07) is 11.0. The summed E-state index contributed by atoms with van der Waals surface area (Å²) in [4.78, 5) is 18.3. The summed E-state index contributed by atoms with van der Waals surface area (Å²) in [6.45, 7) is 6.67. The van der Waals surface area contributed by atoms with E-state index in [1.165, 1.54) is 12.5 Å². The molecule has 1 aliphatic carbocycles. The van der Waals surface area contributed by atoms with Crippen molar-refractivity contribution in [1.29, 1.82) is 5.26 Å². The lowest BCUT2D eigenvalue weighted by atomic mass is 9.80. The fourth-order valence-electron chi connectivity index (χ4n) is 4.56. The van der Waals surface area contributed by atoms with Crippen LogP contribution in [0.2, 0.25) is 5.02 Å². The van der Waals surface area contributed by atoms with Gasteiger partial charge in [0.25, 0.3) is 0 Å². The molecule has 5 rings (SSSR count). The number of imidazole rings is 1. The molecule has 3 heterocycles. The van der Waals surface area contributed by atoms with Gasteiger partial charge in [-0.25, -0.2) is 9.37 Å². The van der Waals surface area contributed by atoms with Gasteiger partial charge in [0.05, 0.1) is 11.6 Å². The monoisotopic (exact) mass is 503 g/mol. The van der Waals surface area contributed by atoms with Crippen LogP contribution in [0.4, 0.5) is 10.2 Å². The normalized spacial score (nSPS) is 14.6. The Morgan fingerprint density at radius 3 is 2.64 bits per heavy atom. The van der Waals surface area contributed by atoms with Gasteiger partial charge in [0, 0.05) is 12.2 Å². The third-order valence-corrected chi connectivity index (χ3v) is 7.24. The van der Waals surface area contributed by atoms with Crippen LogP contribution in [0.1, 0.15) is 62.9 Å². The van der Waals surface area contributed by atoms with Gasteiger partial charge in [-0.05, 0) is 67.0 Å². The summed E-state index contributed by atoms with van der Waals surface area (Å²) >= 11 is 5.93. The molecule has 1 aliphatic rings. The average molecular weight is 504 g/mol. The lowest BCUT2D eigenvalue weighted by Gasteiger charge is -2.32. The Labute approximate surface area is 214 Å². The number of rotatable bonds is 7. The van der Waals surface area contributed by atoms with E-state index in [-0.39, 0.29) is 16.9 Å². The number of nitrogens with zero attached hydrogens (tertiary/aromatic N) is 6. The average Bonchev–Trinajstić information content (AvgIpc) is 3.18. The van der Waals surface area contributed by atoms with Crippen LogP contribution in [0.5, 0.6) is 0 Å². The van der Waals surface area contributed by atoms with Crippen LogP contribution in [0.25, 0.3) is 22.7 Å². The lowest BCUT2D eigenvalue weighted by Crippen LogP contribution is -2.31. The highest BCUT2D eigenvalue weighted by atomic mass is 35.5. The van der Waals surface area contributed by atoms with Crippen molar-refractivity contribution in [3.05, 3.63) is 64.3 Å². The van der Waals surface area contributed by atoms with Crippen molar-refractivity contribution >= 4 is 28.6 Å². The maximum Gasteiger partial charge on any atom is 0.236 e. The molecule has 0 radical (unpaired) electrons. The van der Waals surface area contributed by atoms with E-state index in [0.29, 0.717) is 52.4 Å². The zero-order chi connectivity index (χ0) is 25.4. The van der Waals surface area contributed by atoms with Crippen LogP contribution in [0.3, 0.4) is 0 Å². The number of hydrogen-bond donors (Lipinski definition) is 1. The van der Waals surface area contributed by atoms with Crippen molar-refractivity contribution in [3.8, 4) is 17.6 Å². The number of halogens is 2. The third kappa shape index (κ3) is 4.63. The van der Waals surface area contributed by atoms with Gasteiger partial charge >= 0.3 is 0 Å². The van der Waals surface area contributed by atoms with Crippen molar-refractivity contribution in [3.63, 3.8) is 0 Å². The van der Waals surface area contributed by atoms with Crippen LogP contribution < -0.4 is 5.32 Å².